The number of nitrogens with zero attached hydrogens (tertiary/aromatic N) is 2. The Morgan fingerprint density at radius 1 is 0.907 bits per heavy atom. The molecule has 0 aliphatic heterocycles. The van der Waals surface area contributed by atoms with Gasteiger partial charge in [-0.25, -0.2) is 8.42 Å². The minimum Gasteiger partial charge on any atom is -0.352 e. The Morgan fingerprint density at radius 3 is 2.14 bits per heavy atom. The van der Waals surface area contributed by atoms with Crippen LogP contribution in [0.3, 0.4) is 0 Å². The normalized spacial score (nSPS) is 14.5. The minimum atomic E-state index is -4.10. The lowest BCUT2D eigenvalue weighted by molar-refractivity contribution is -0.140. The Labute approximate surface area is 257 Å². The lowest BCUT2D eigenvalue weighted by atomic mass is 10.0. The van der Waals surface area contributed by atoms with E-state index in [0.29, 0.717) is 12.1 Å². The van der Waals surface area contributed by atoms with Crippen molar-refractivity contribution in [3.63, 3.8) is 0 Å². The molecule has 230 valence electrons. The van der Waals surface area contributed by atoms with Gasteiger partial charge in [-0.15, -0.1) is 0 Å². The van der Waals surface area contributed by atoms with E-state index >= 15 is 0 Å². The van der Waals surface area contributed by atoms with Crippen molar-refractivity contribution in [1.29, 1.82) is 0 Å². The van der Waals surface area contributed by atoms with Crippen LogP contribution < -0.4 is 9.62 Å². The molecule has 4 rings (SSSR count). The van der Waals surface area contributed by atoms with Crippen LogP contribution in [0.2, 0.25) is 0 Å². The maximum atomic E-state index is 14.3. The van der Waals surface area contributed by atoms with Crippen LogP contribution in [-0.2, 0) is 26.2 Å². The monoisotopic (exact) mass is 603 g/mol. The predicted molar refractivity (Wildman–Crippen MR) is 172 cm³/mol. The standard InChI is InChI=1S/C35H45N3O4S/c1-6-33(35(40)36-30-12-7-8-13-30)37(23-28-11-9-10-27(5)22-28)34(39)24-38(31-18-16-29(17-19-31)25(2)3)43(41,42)32-20-14-26(4)15-21-32/h9-11,14-22,25,30,33H,6-8,12-13,23-24H2,1-5H3,(H,36,40). The smallest absolute Gasteiger partial charge is 0.264 e. The summed E-state index contributed by atoms with van der Waals surface area (Å²) in [7, 11) is -4.10. The number of hydrogen-bond donors (Lipinski definition) is 1. The van der Waals surface area contributed by atoms with Gasteiger partial charge in [0.05, 0.1) is 10.6 Å². The molecule has 1 N–H and O–H groups in total. The Morgan fingerprint density at radius 2 is 1.56 bits per heavy atom. The summed E-state index contributed by atoms with van der Waals surface area (Å²) >= 11 is 0. The van der Waals surface area contributed by atoms with Gasteiger partial charge >= 0.3 is 0 Å². The first-order valence-electron chi connectivity index (χ1n) is 15.3. The van der Waals surface area contributed by atoms with Crippen molar-refractivity contribution >= 4 is 27.5 Å². The van der Waals surface area contributed by atoms with Gasteiger partial charge in [0.2, 0.25) is 11.8 Å². The number of rotatable bonds is 12. The van der Waals surface area contributed by atoms with Crippen molar-refractivity contribution in [2.24, 2.45) is 0 Å². The van der Waals surface area contributed by atoms with E-state index < -0.39 is 28.5 Å². The van der Waals surface area contributed by atoms with E-state index in [1.54, 1.807) is 41.3 Å². The Balaban J connectivity index is 1.72. The number of nitrogens with one attached hydrogen (secondary N) is 1. The Hall–Kier alpha value is -3.65. The first-order valence-corrected chi connectivity index (χ1v) is 16.8. The van der Waals surface area contributed by atoms with Crippen LogP contribution in [0.25, 0.3) is 0 Å². The fourth-order valence-electron chi connectivity index (χ4n) is 5.69. The van der Waals surface area contributed by atoms with Gasteiger partial charge in [0.15, 0.2) is 0 Å². The fraction of sp³-hybridized carbons (Fsp3) is 0.429. The highest BCUT2D eigenvalue weighted by atomic mass is 32.2. The average Bonchev–Trinajstić information content (AvgIpc) is 3.49. The van der Waals surface area contributed by atoms with Gasteiger partial charge in [-0.1, -0.05) is 93.3 Å². The summed E-state index contributed by atoms with van der Waals surface area (Å²) in [5.41, 5.74) is 4.33. The summed E-state index contributed by atoms with van der Waals surface area (Å²) in [6, 6.07) is 21.1. The first-order chi connectivity index (χ1) is 20.5. The molecule has 3 aromatic carbocycles. The molecule has 1 atom stereocenters. The summed E-state index contributed by atoms with van der Waals surface area (Å²) in [5, 5.41) is 3.16. The molecule has 2 amide bonds. The number of amides is 2. The van der Waals surface area contributed by atoms with E-state index in [2.05, 4.69) is 19.2 Å². The molecule has 0 radical (unpaired) electrons. The molecule has 0 saturated heterocycles. The minimum absolute atomic E-state index is 0.107. The molecule has 1 unspecified atom stereocenters. The molecule has 0 spiro atoms. The van der Waals surface area contributed by atoms with E-state index in [-0.39, 0.29) is 29.3 Å². The molecular formula is C35H45N3O4S. The van der Waals surface area contributed by atoms with Gasteiger partial charge in [0, 0.05) is 12.6 Å². The second kappa shape index (κ2) is 14.2. The van der Waals surface area contributed by atoms with Crippen molar-refractivity contribution in [3.8, 4) is 0 Å². The molecule has 3 aromatic rings. The molecule has 43 heavy (non-hydrogen) atoms. The highest BCUT2D eigenvalue weighted by Crippen LogP contribution is 2.27. The van der Waals surface area contributed by atoms with Crippen LogP contribution in [0.15, 0.2) is 77.7 Å². The zero-order valence-electron chi connectivity index (χ0n) is 26.0. The number of anilines is 1. The van der Waals surface area contributed by atoms with Crippen LogP contribution >= 0.6 is 0 Å². The van der Waals surface area contributed by atoms with E-state index in [9.17, 15) is 18.0 Å². The van der Waals surface area contributed by atoms with E-state index in [1.165, 1.54) is 4.31 Å². The largest absolute Gasteiger partial charge is 0.352 e. The topological polar surface area (TPSA) is 86.8 Å². The van der Waals surface area contributed by atoms with Gasteiger partial charge in [-0.05, 0) is 74.4 Å². The zero-order valence-corrected chi connectivity index (χ0v) is 26.9. The summed E-state index contributed by atoms with van der Waals surface area (Å²) in [6.07, 6.45) is 4.43. The summed E-state index contributed by atoms with van der Waals surface area (Å²) in [5.74, 6) is -0.352. The zero-order chi connectivity index (χ0) is 31.1. The summed E-state index contributed by atoms with van der Waals surface area (Å²) in [6.45, 7) is 9.68. The average molecular weight is 604 g/mol. The SMILES string of the molecule is CCC(C(=O)NC1CCCC1)N(Cc1cccc(C)c1)C(=O)CN(c1ccc(C(C)C)cc1)S(=O)(=O)c1ccc(C)cc1. The lowest BCUT2D eigenvalue weighted by Gasteiger charge is -2.34. The Kier molecular flexibility index (Phi) is 10.7. The van der Waals surface area contributed by atoms with E-state index in [1.807, 2.05) is 57.2 Å². The summed E-state index contributed by atoms with van der Waals surface area (Å²) < 4.78 is 29.4. The van der Waals surface area contributed by atoms with Crippen LogP contribution in [0, 0.1) is 13.8 Å². The van der Waals surface area contributed by atoms with Crippen molar-refractivity contribution in [2.75, 3.05) is 10.8 Å². The number of aryl methyl sites for hydroxylation is 2. The molecule has 1 fully saturated rings. The van der Waals surface area contributed by atoms with Crippen LogP contribution in [0.5, 0.6) is 0 Å². The maximum absolute atomic E-state index is 14.3. The maximum Gasteiger partial charge on any atom is 0.264 e. The van der Waals surface area contributed by atoms with E-state index in [0.717, 1.165) is 47.9 Å². The van der Waals surface area contributed by atoms with Gasteiger partial charge < -0.3 is 10.2 Å². The number of carbonyl (C=O) groups is 2. The van der Waals surface area contributed by atoms with Crippen molar-refractivity contribution in [2.45, 2.75) is 96.2 Å². The van der Waals surface area contributed by atoms with E-state index in [4.69, 9.17) is 0 Å². The van der Waals surface area contributed by atoms with Gasteiger partial charge in [-0.2, -0.15) is 0 Å². The number of carbonyl (C=O) groups excluding carboxylic acids is 2. The first kappa shape index (κ1) is 32.3. The third kappa shape index (κ3) is 8.05. The lowest BCUT2D eigenvalue weighted by Crippen LogP contribution is -2.53. The number of sulfonamides is 1. The molecule has 0 bridgehead atoms. The summed E-state index contributed by atoms with van der Waals surface area (Å²) in [4.78, 5) is 29.6. The number of hydrogen-bond acceptors (Lipinski definition) is 4. The third-order valence-corrected chi connectivity index (χ3v) is 10.0. The fourth-order valence-corrected chi connectivity index (χ4v) is 7.10. The molecule has 1 aliphatic carbocycles. The second-order valence-corrected chi connectivity index (χ2v) is 13.9. The van der Waals surface area contributed by atoms with Crippen LogP contribution in [-0.4, -0.2) is 43.8 Å². The molecular weight excluding hydrogens is 558 g/mol. The third-order valence-electron chi connectivity index (χ3n) is 8.26. The molecule has 0 heterocycles. The second-order valence-electron chi connectivity index (χ2n) is 12.0. The Bertz CT molecular complexity index is 1490. The van der Waals surface area contributed by atoms with Crippen LogP contribution in [0.1, 0.15) is 81.0 Å². The molecule has 8 heteroatoms. The van der Waals surface area contributed by atoms with Gasteiger partial charge in [0.1, 0.15) is 12.6 Å². The highest BCUT2D eigenvalue weighted by molar-refractivity contribution is 7.92. The van der Waals surface area contributed by atoms with Gasteiger partial charge in [0.25, 0.3) is 10.0 Å². The van der Waals surface area contributed by atoms with Gasteiger partial charge in [-0.3, -0.25) is 13.9 Å². The van der Waals surface area contributed by atoms with Crippen molar-refractivity contribution in [3.05, 3.63) is 95.1 Å². The quantitative estimate of drug-likeness (QED) is 0.257. The molecule has 1 saturated carbocycles. The van der Waals surface area contributed by atoms with Crippen molar-refractivity contribution in [1.82, 2.24) is 10.2 Å². The van der Waals surface area contributed by atoms with Crippen molar-refractivity contribution < 1.29 is 18.0 Å². The molecule has 1 aliphatic rings. The predicted octanol–water partition coefficient (Wildman–Crippen LogP) is 6.49. The van der Waals surface area contributed by atoms with Crippen LogP contribution in [0.4, 0.5) is 5.69 Å². The molecule has 7 nitrogen and oxygen atoms in total. The number of benzene rings is 3. The molecule has 0 aromatic heterocycles. The highest BCUT2D eigenvalue weighted by Gasteiger charge is 2.34.